The lowest BCUT2D eigenvalue weighted by molar-refractivity contribution is -0.137. The molecule has 0 atom stereocenters. The molecule has 1 aromatic heterocycles. The van der Waals surface area contributed by atoms with Crippen LogP contribution < -0.4 is 5.32 Å². The van der Waals surface area contributed by atoms with Gasteiger partial charge in [-0.05, 0) is 100.0 Å². The third-order valence-electron chi connectivity index (χ3n) is 8.59. The van der Waals surface area contributed by atoms with Gasteiger partial charge in [0.2, 0.25) is 11.9 Å². The highest BCUT2D eigenvalue weighted by molar-refractivity contribution is 5.90. The van der Waals surface area contributed by atoms with Gasteiger partial charge in [-0.1, -0.05) is 52.3 Å². The predicted octanol–water partition coefficient (Wildman–Crippen LogP) is 6.73. The van der Waals surface area contributed by atoms with Crippen molar-refractivity contribution in [2.24, 2.45) is 11.8 Å². The molecule has 2 heterocycles. The number of imidazole rings is 1. The summed E-state index contributed by atoms with van der Waals surface area (Å²) in [5, 5.41) is 3.56. The van der Waals surface area contributed by atoms with Crippen molar-refractivity contribution < 1.29 is 14.3 Å². The Morgan fingerprint density at radius 1 is 0.955 bits per heavy atom. The average molecular weight is 604 g/mol. The lowest BCUT2D eigenvalue weighted by Crippen LogP contribution is -2.46. The minimum atomic E-state index is -0.671. The molecule has 1 aliphatic rings. The van der Waals surface area contributed by atoms with Gasteiger partial charge in [0.05, 0.1) is 29.1 Å². The van der Waals surface area contributed by atoms with Gasteiger partial charge >= 0.3 is 5.97 Å². The van der Waals surface area contributed by atoms with Gasteiger partial charge in [0.25, 0.3) is 0 Å². The zero-order valence-electron chi connectivity index (χ0n) is 28.0. The Morgan fingerprint density at radius 3 is 2.23 bits per heavy atom. The fraction of sp³-hybridized carbons (Fsp3) is 0.583. The number of esters is 1. The van der Waals surface area contributed by atoms with Crippen LogP contribution in [0.5, 0.6) is 0 Å². The number of aromatic nitrogens is 2. The normalized spacial score (nSPS) is 14.4. The quantitative estimate of drug-likeness (QED) is 0.206. The van der Waals surface area contributed by atoms with Crippen LogP contribution in [0.25, 0.3) is 11.0 Å². The Kier molecular flexibility index (Phi) is 11.5. The van der Waals surface area contributed by atoms with E-state index >= 15 is 0 Å². The smallest absolute Gasteiger partial charge is 0.337 e. The number of hydrogen-bond donors (Lipinski definition) is 1. The van der Waals surface area contributed by atoms with Crippen molar-refractivity contribution in [2.75, 3.05) is 45.2 Å². The van der Waals surface area contributed by atoms with E-state index < -0.39 is 5.41 Å². The zero-order valence-corrected chi connectivity index (χ0v) is 28.0. The van der Waals surface area contributed by atoms with Gasteiger partial charge < -0.3 is 24.4 Å². The van der Waals surface area contributed by atoms with Gasteiger partial charge in [0.1, 0.15) is 0 Å². The number of carbonyl (C=O) groups excluding carboxylic acids is 2. The summed E-state index contributed by atoms with van der Waals surface area (Å²) in [6.45, 7) is 19.1. The first-order chi connectivity index (χ1) is 21.0. The maximum atomic E-state index is 14.0. The SMILES string of the molecule is COC(=O)c1ccc(CNc2nc3ccc(C(C)(C)C(=O)N(CC(C)C)CC(C)C)cc3n2CCCN2CCCCC2)cc1. The Hall–Kier alpha value is -3.39. The molecule has 2 aromatic carbocycles. The molecule has 1 aliphatic heterocycles. The van der Waals surface area contributed by atoms with Crippen LogP contribution in [-0.2, 0) is 28.0 Å². The molecule has 0 spiro atoms. The van der Waals surface area contributed by atoms with Crippen LogP contribution in [0.2, 0.25) is 0 Å². The number of carbonyl (C=O) groups is 2. The molecule has 4 rings (SSSR count). The third kappa shape index (κ3) is 8.40. The zero-order chi connectivity index (χ0) is 31.9. The Balaban J connectivity index is 1.62. The second-order valence-electron chi connectivity index (χ2n) is 13.7. The first kappa shape index (κ1) is 33.5. The summed E-state index contributed by atoms with van der Waals surface area (Å²) in [5.41, 5.74) is 3.88. The molecule has 1 fully saturated rings. The van der Waals surface area contributed by atoms with Crippen molar-refractivity contribution in [1.29, 1.82) is 0 Å². The summed E-state index contributed by atoms with van der Waals surface area (Å²) in [6.07, 6.45) is 4.93. The first-order valence-corrected chi connectivity index (χ1v) is 16.4. The van der Waals surface area contributed by atoms with Crippen LogP contribution >= 0.6 is 0 Å². The molecule has 0 aliphatic carbocycles. The lowest BCUT2D eigenvalue weighted by atomic mass is 9.82. The summed E-state index contributed by atoms with van der Waals surface area (Å²) in [4.78, 5) is 35.5. The topological polar surface area (TPSA) is 79.7 Å². The van der Waals surface area contributed by atoms with E-state index in [-0.39, 0.29) is 11.9 Å². The second kappa shape index (κ2) is 15.1. The molecule has 8 heteroatoms. The van der Waals surface area contributed by atoms with E-state index in [0.29, 0.717) is 23.9 Å². The number of fused-ring (bicyclic) bond motifs is 1. The van der Waals surface area contributed by atoms with Crippen LogP contribution in [0.1, 0.15) is 88.7 Å². The van der Waals surface area contributed by atoms with E-state index in [1.165, 1.54) is 39.5 Å². The Bertz CT molecular complexity index is 1380. The van der Waals surface area contributed by atoms with Crippen LogP contribution in [0.4, 0.5) is 5.95 Å². The number of nitrogens with zero attached hydrogens (tertiary/aromatic N) is 4. The number of piperidine rings is 1. The molecule has 1 amide bonds. The highest BCUT2D eigenvalue weighted by atomic mass is 16.5. The summed E-state index contributed by atoms with van der Waals surface area (Å²) in [6, 6.07) is 13.8. The van der Waals surface area contributed by atoms with Gasteiger partial charge in [0, 0.05) is 26.2 Å². The number of amides is 1. The molecule has 3 aromatic rings. The number of rotatable bonds is 14. The second-order valence-corrected chi connectivity index (χ2v) is 13.7. The Labute approximate surface area is 264 Å². The number of nitrogens with one attached hydrogen (secondary N) is 1. The molecular weight excluding hydrogens is 550 g/mol. The van der Waals surface area contributed by atoms with E-state index in [2.05, 4.69) is 74.5 Å². The minimum absolute atomic E-state index is 0.171. The summed E-state index contributed by atoms with van der Waals surface area (Å²) >= 11 is 0. The maximum Gasteiger partial charge on any atom is 0.337 e. The van der Waals surface area contributed by atoms with Crippen molar-refractivity contribution >= 4 is 28.9 Å². The van der Waals surface area contributed by atoms with Gasteiger partial charge in [-0.3, -0.25) is 4.79 Å². The summed E-state index contributed by atoms with van der Waals surface area (Å²) in [5.74, 6) is 1.46. The number of hydrogen-bond acceptors (Lipinski definition) is 6. The number of benzene rings is 2. The van der Waals surface area contributed by atoms with Gasteiger partial charge in [0.15, 0.2) is 0 Å². The molecule has 1 N–H and O–H groups in total. The molecule has 44 heavy (non-hydrogen) atoms. The standard InChI is InChI=1S/C36H53N5O3/c1-26(2)24-40(25-27(3)4)34(43)36(5,6)30-16-17-31-32(22-30)41(21-11-20-39-18-9-8-10-19-39)35(38-31)37-23-28-12-14-29(15-13-28)33(42)44-7/h12-17,22,26-27H,8-11,18-21,23-25H2,1-7H3,(H,37,38). The number of anilines is 1. The number of methoxy groups -OCH3 is 1. The van der Waals surface area contributed by atoms with E-state index in [1.807, 2.05) is 17.0 Å². The van der Waals surface area contributed by atoms with Crippen molar-refractivity contribution in [3.63, 3.8) is 0 Å². The van der Waals surface area contributed by atoms with Crippen LogP contribution in [0, 0.1) is 11.8 Å². The van der Waals surface area contributed by atoms with Crippen molar-refractivity contribution in [3.8, 4) is 0 Å². The number of aryl methyl sites for hydroxylation is 1. The van der Waals surface area contributed by atoms with Crippen molar-refractivity contribution in [1.82, 2.24) is 19.4 Å². The van der Waals surface area contributed by atoms with Gasteiger partial charge in [-0.2, -0.15) is 0 Å². The number of ether oxygens (including phenoxy) is 1. The molecule has 1 saturated heterocycles. The fourth-order valence-electron chi connectivity index (χ4n) is 6.21. The average Bonchev–Trinajstić information content (AvgIpc) is 3.35. The van der Waals surface area contributed by atoms with Crippen LogP contribution in [0.15, 0.2) is 42.5 Å². The van der Waals surface area contributed by atoms with Crippen molar-refractivity contribution in [2.45, 2.75) is 85.7 Å². The van der Waals surface area contributed by atoms with E-state index in [9.17, 15) is 9.59 Å². The van der Waals surface area contributed by atoms with Crippen molar-refractivity contribution in [3.05, 3.63) is 59.2 Å². The monoisotopic (exact) mass is 603 g/mol. The summed E-state index contributed by atoms with van der Waals surface area (Å²) in [7, 11) is 1.39. The van der Waals surface area contributed by atoms with Crippen LogP contribution in [-0.4, -0.2) is 71.1 Å². The fourth-order valence-corrected chi connectivity index (χ4v) is 6.21. The van der Waals surface area contributed by atoms with Crippen LogP contribution in [0.3, 0.4) is 0 Å². The Morgan fingerprint density at radius 2 is 1.61 bits per heavy atom. The van der Waals surface area contributed by atoms with E-state index in [1.54, 1.807) is 12.1 Å². The number of likely N-dealkylation sites (tertiary alicyclic amines) is 1. The molecule has 8 nitrogen and oxygen atoms in total. The molecule has 0 unspecified atom stereocenters. The van der Waals surface area contributed by atoms with Gasteiger partial charge in [-0.15, -0.1) is 0 Å². The highest BCUT2D eigenvalue weighted by Crippen LogP contribution is 2.31. The maximum absolute atomic E-state index is 14.0. The summed E-state index contributed by atoms with van der Waals surface area (Å²) < 4.78 is 7.12. The highest BCUT2D eigenvalue weighted by Gasteiger charge is 2.35. The lowest BCUT2D eigenvalue weighted by Gasteiger charge is -2.34. The van der Waals surface area contributed by atoms with E-state index in [0.717, 1.165) is 60.7 Å². The minimum Gasteiger partial charge on any atom is -0.465 e. The van der Waals surface area contributed by atoms with Gasteiger partial charge in [-0.25, -0.2) is 9.78 Å². The molecule has 0 bridgehead atoms. The van der Waals surface area contributed by atoms with E-state index in [4.69, 9.17) is 9.72 Å². The molecular formula is C36H53N5O3. The molecule has 240 valence electrons. The molecule has 0 saturated carbocycles. The third-order valence-corrected chi connectivity index (χ3v) is 8.59. The first-order valence-electron chi connectivity index (χ1n) is 16.4. The molecule has 0 radical (unpaired) electrons. The predicted molar refractivity (Wildman–Crippen MR) is 179 cm³/mol. The largest absolute Gasteiger partial charge is 0.465 e.